The summed E-state index contributed by atoms with van der Waals surface area (Å²) in [5.41, 5.74) is 9.36. The normalized spacial score (nSPS) is 11.5. The number of aromatic amines is 2. The molecule has 0 bridgehead atoms. The van der Waals surface area contributed by atoms with Gasteiger partial charge < -0.3 is 9.97 Å². The van der Waals surface area contributed by atoms with Gasteiger partial charge in [-0.3, -0.25) is 4.79 Å². The third kappa shape index (κ3) is 2.57. The van der Waals surface area contributed by atoms with E-state index in [9.17, 15) is 4.79 Å². The minimum absolute atomic E-state index is 0.0400. The van der Waals surface area contributed by atoms with Gasteiger partial charge in [0, 0.05) is 23.5 Å². The number of nitrogens with zero attached hydrogens (tertiary/aromatic N) is 2. The Hall–Kier alpha value is -3.25. The van der Waals surface area contributed by atoms with Crippen molar-refractivity contribution >= 4 is 32.6 Å². The average molecular weight is 372 g/mol. The molecule has 5 rings (SSSR count). The Kier molecular flexibility index (Phi) is 3.48. The number of benzene rings is 1. The monoisotopic (exact) mass is 372 g/mol. The average Bonchev–Trinajstić information content (AvgIpc) is 3.27. The molecule has 0 spiro atoms. The van der Waals surface area contributed by atoms with E-state index < -0.39 is 0 Å². The molecular formula is C21H16N4OS. The van der Waals surface area contributed by atoms with Crippen molar-refractivity contribution in [2.24, 2.45) is 0 Å². The van der Waals surface area contributed by atoms with Crippen molar-refractivity contribution in [1.29, 1.82) is 0 Å². The SMILES string of the molecule is Cc1cc(-c2nc3[nH]ccc(=O)c3cc2-c2ccc3ncsc3c2)[nH]c1C. The third-order valence-corrected chi connectivity index (χ3v) is 5.71. The summed E-state index contributed by atoms with van der Waals surface area (Å²) in [5, 5.41) is 0.584. The maximum absolute atomic E-state index is 12.4. The van der Waals surface area contributed by atoms with Gasteiger partial charge in [0.15, 0.2) is 5.43 Å². The summed E-state index contributed by atoms with van der Waals surface area (Å²) >= 11 is 1.60. The molecule has 132 valence electrons. The number of thiazole rings is 1. The van der Waals surface area contributed by atoms with Crippen LogP contribution >= 0.6 is 11.3 Å². The van der Waals surface area contributed by atoms with E-state index >= 15 is 0 Å². The Balaban J connectivity index is 1.86. The molecule has 0 radical (unpaired) electrons. The van der Waals surface area contributed by atoms with Crippen LogP contribution in [0.1, 0.15) is 11.3 Å². The van der Waals surface area contributed by atoms with Crippen LogP contribution in [0.4, 0.5) is 0 Å². The van der Waals surface area contributed by atoms with E-state index in [1.165, 1.54) is 11.6 Å². The maximum Gasteiger partial charge on any atom is 0.191 e. The summed E-state index contributed by atoms with van der Waals surface area (Å²) in [6, 6.07) is 11.7. The molecule has 0 aliphatic heterocycles. The molecule has 0 aliphatic rings. The minimum atomic E-state index is -0.0400. The van der Waals surface area contributed by atoms with E-state index in [1.807, 2.05) is 30.6 Å². The van der Waals surface area contributed by atoms with Crippen LogP contribution < -0.4 is 5.43 Å². The molecule has 27 heavy (non-hydrogen) atoms. The van der Waals surface area contributed by atoms with Crippen LogP contribution in [0.5, 0.6) is 0 Å². The highest BCUT2D eigenvalue weighted by molar-refractivity contribution is 7.16. The number of nitrogens with one attached hydrogen (secondary N) is 2. The predicted molar refractivity (Wildman–Crippen MR) is 110 cm³/mol. The van der Waals surface area contributed by atoms with Gasteiger partial charge in [-0.2, -0.15) is 0 Å². The molecule has 1 aromatic carbocycles. The fraction of sp³-hybridized carbons (Fsp3) is 0.0952. The van der Waals surface area contributed by atoms with Crippen molar-refractivity contribution in [3.63, 3.8) is 0 Å². The number of hydrogen-bond acceptors (Lipinski definition) is 4. The zero-order valence-electron chi connectivity index (χ0n) is 14.8. The van der Waals surface area contributed by atoms with Crippen LogP contribution in [-0.4, -0.2) is 19.9 Å². The Morgan fingerprint density at radius 3 is 2.78 bits per heavy atom. The van der Waals surface area contributed by atoms with Gasteiger partial charge in [-0.15, -0.1) is 11.3 Å². The van der Waals surface area contributed by atoms with Crippen molar-refractivity contribution < 1.29 is 0 Å². The smallest absolute Gasteiger partial charge is 0.191 e. The van der Waals surface area contributed by atoms with Crippen LogP contribution in [0.2, 0.25) is 0 Å². The molecule has 0 saturated carbocycles. The lowest BCUT2D eigenvalue weighted by Crippen LogP contribution is -2.03. The Bertz CT molecular complexity index is 1360. The van der Waals surface area contributed by atoms with Gasteiger partial charge in [-0.1, -0.05) is 6.07 Å². The van der Waals surface area contributed by atoms with Crippen molar-refractivity contribution in [3.05, 3.63) is 69.6 Å². The lowest BCUT2D eigenvalue weighted by molar-refractivity contribution is 1.21. The quantitative estimate of drug-likeness (QED) is 0.467. The third-order valence-electron chi connectivity index (χ3n) is 4.91. The molecule has 2 N–H and O–H groups in total. The van der Waals surface area contributed by atoms with Gasteiger partial charge in [0.05, 0.1) is 32.5 Å². The number of pyridine rings is 2. The van der Waals surface area contributed by atoms with E-state index in [-0.39, 0.29) is 5.43 Å². The van der Waals surface area contributed by atoms with Gasteiger partial charge in [-0.05, 0) is 49.2 Å². The first-order valence-corrected chi connectivity index (χ1v) is 9.51. The second kappa shape index (κ2) is 5.89. The highest BCUT2D eigenvalue weighted by Crippen LogP contribution is 2.34. The van der Waals surface area contributed by atoms with E-state index in [1.54, 1.807) is 17.5 Å². The van der Waals surface area contributed by atoms with E-state index in [4.69, 9.17) is 4.98 Å². The predicted octanol–water partition coefficient (Wildman–Crippen LogP) is 4.81. The van der Waals surface area contributed by atoms with Crippen LogP contribution in [-0.2, 0) is 0 Å². The molecule has 0 saturated heterocycles. The second-order valence-corrected chi connectivity index (χ2v) is 7.53. The molecule has 0 fully saturated rings. The number of fused-ring (bicyclic) bond motifs is 2. The first-order chi connectivity index (χ1) is 13.1. The van der Waals surface area contributed by atoms with Crippen molar-refractivity contribution in [3.8, 4) is 22.5 Å². The van der Waals surface area contributed by atoms with Crippen molar-refractivity contribution in [2.45, 2.75) is 13.8 Å². The van der Waals surface area contributed by atoms with E-state index in [0.717, 1.165) is 38.4 Å². The number of hydrogen-bond donors (Lipinski definition) is 2. The standard InChI is InChI=1S/C21H16N4OS/c1-11-7-17(24-12(11)2)20-14(9-15-18(26)5-6-22-21(15)25-20)13-3-4-16-19(8-13)27-10-23-16/h3-10,24H,1-2H3,(H,22,25,26). The fourth-order valence-corrected chi connectivity index (χ4v) is 4.05. The topological polar surface area (TPSA) is 74.4 Å². The lowest BCUT2D eigenvalue weighted by Gasteiger charge is -2.10. The summed E-state index contributed by atoms with van der Waals surface area (Å²) in [4.78, 5) is 28.0. The Morgan fingerprint density at radius 2 is 1.96 bits per heavy atom. The lowest BCUT2D eigenvalue weighted by atomic mass is 10.0. The van der Waals surface area contributed by atoms with Crippen molar-refractivity contribution in [2.75, 3.05) is 0 Å². The van der Waals surface area contributed by atoms with Gasteiger partial charge >= 0.3 is 0 Å². The molecule has 0 amide bonds. The van der Waals surface area contributed by atoms with E-state index in [2.05, 4.69) is 34.0 Å². The van der Waals surface area contributed by atoms with Crippen LogP contribution in [0, 0.1) is 13.8 Å². The Labute approximate surface area is 158 Å². The first-order valence-electron chi connectivity index (χ1n) is 8.63. The Morgan fingerprint density at radius 1 is 1.07 bits per heavy atom. The van der Waals surface area contributed by atoms with Crippen molar-refractivity contribution in [1.82, 2.24) is 19.9 Å². The van der Waals surface area contributed by atoms with Gasteiger partial charge in [0.2, 0.25) is 0 Å². The second-order valence-electron chi connectivity index (χ2n) is 6.65. The highest BCUT2D eigenvalue weighted by atomic mass is 32.1. The van der Waals surface area contributed by atoms with Crippen LogP contribution in [0.25, 0.3) is 43.8 Å². The molecule has 5 aromatic rings. The zero-order chi connectivity index (χ0) is 18.5. The number of rotatable bonds is 2. The van der Waals surface area contributed by atoms with Gasteiger partial charge in [-0.25, -0.2) is 9.97 Å². The number of aromatic nitrogens is 4. The molecule has 6 heteroatoms. The molecule has 0 atom stereocenters. The van der Waals surface area contributed by atoms with E-state index in [0.29, 0.717) is 11.0 Å². The van der Waals surface area contributed by atoms with Gasteiger partial charge in [0.1, 0.15) is 5.65 Å². The zero-order valence-corrected chi connectivity index (χ0v) is 15.6. The minimum Gasteiger partial charge on any atom is -0.357 e. The molecule has 4 aromatic heterocycles. The van der Waals surface area contributed by atoms with Gasteiger partial charge in [0.25, 0.3) is 0 Å². The number of H-pyrrole nitrogens is 2. The highest BCUT2D eigenvalue weighted by Gasteiger charge is 2.16. The fourth-order valence-electron chi connectivity index (χ4n) is 3.33. The van der Waals surface area contributed by atoms with Crippen LogP contribution in [0.3, 0.4) is 0 Å². The molecule has 5 nitrogen and oxygen atoms in total. The molecule has 4 heterocycles. The summed E-state index contributed by atoms with van der Waals surface area (Å²) < 4.78 is 1.11. The number of aryl methyl sites for hydroxylation is 2. The molecule has 0 aliphatic carbocycles. The first kappa shape index (κ1) is 16.0. The molecule has 0 unspecified atom stereocenters. The van der Waals surface area contributed by atoms with Crippen LogP contribution in [0.15, 0.2) is 52.9 Å². The maximum atomic E-state index is 12.4. The molecular weight excluding hydrogens is 356 g/mol. The summed E-state index contributed by atoms with van der Waals surface area (Å²) in [6.45, 7) is 4.12. The summed E-state index contributed by atoms with van der Waals surface area (Å²) in [5.74, 6) is 0. The largest absolute Gasteiger partial charge is 0.357 e. The summed E-state index contributed by atoms with van der Waals surface area (Å²) in [7, 11) is 0. The summed E-state index contributed by atoms with van der Waals surface area (Å²) in [6.07, 6.45) is 1.63.